The second-order valence-corrected chi connectivity index (χ2v) is 9.62. The highest BCUT2D eigenvalue weighted by Gasteiger charge is 2.50. The van der Waals surface area contributed by atoms with E-state index < -0.39 is 7.87 Å². The first-order chi connectivity index (χ1) is 12.0. The van der Waals surface area contributed by atoms with E-state index >= 15 is 0 Å². The van der Waals surface area contributed by atoms with E-state index in [1.54, 1.807) is 0 Å². The minimum absolute atomic E-state index is 0.0304. The topological polar surface area (TPSA) is 35.5 Å². The van der Waals surface area contributed by atoms with E-state index in [0.29, 0.717) is 0 Å². The Labute approximate surface area is 152 Å². The van der Waals surface area contributed by atoms with Crippen molar-refractivity contribution >= 4 is 7.87 Å². The van der Waals surface area contributed by atoms with Crippen LogP contribution in [0.5, 0.6) is 0 Å². The van der Waals surface area contributed by atoms with Crippen LogP contribution in [-0.2, 0) is 10.9 Å². The molecule has 1 fully saturated rings. The Bertz CT molecular complexity index is 664. The molecule has 0 spiro atoms. The molecule has 0 radical (unpaired) electrons. The fraction of sp³-hybridized carbons (Fsp3) is 0.429. The minimum Gasteiger partial charge on any atom is -0.641 e. The fourth-order valence-electron chi connectivity index (χ4n) is 3.59. The molecule has 2 aromatic rings. The predicted molar refractivity (Wildman–Crippen MR) is 103 cm³/mol. The maximum absolute atomic E-state index is 14.2. The predicted octanol–water partition coefficient (Wildman–Crippen LogP) is 4.61. The summed E-state index contributed by atoms with van der Waals surface area (Å²) in [5.74, 6) is 0. The minimum atomic E-state index is -3.00. The van der Waals surface area contributed by atoms with Crippen LogP contribution in [0.2, 0.25) is 0 Å². The average Bonchev–Trinajstić information content (AvgIpc) is 2.61. The molecule has 0 saturated carbocycles. The largest absolute Gasteiger partial charge is 0.641 e. The van der Waals surface area contributed by atoms with Gasteiger partial charge in [-0.3, -0.25) is 0 Å². The van der Waals surface area contributed by atoms with E-state index in [-0.39, 0.29) is 17.8 Å². The second kappa shape index (κ2) is 7.97. The molecule has 0 N–H and O–H groups in total. The van der Waals surface area contributed by atoms with Gasteiger partial charge in [-0.05, 0) is 38.3 Å². The summed E-state index contributed by atoms with van der Waals surface area (Å²) < 4.78 is 8.32. The van der Waals surface area contributed by atoms with Crippen LogP contribution in [0.3, 0.4) is 0 Å². The van der Waals surface area contributed by atoms with Crippen molar-refractivity contribution in [1.82, 2.24) is 4.67 Å². The highest BCUT2D eigenvalue weighted by molar-refractivity contribution is 7.62. The van der Waals surface area contributed by atoms with Gasteiger partial charge in [0.15, 0.2) is 7.87 Å². The molecule has 0 aromatic heterocycles. The Morgan fingerprint density at radius 3 is 2.28 bits per heavy atom. The highest BCUT2D eigenvalue weighted by Crippen LogP contribution is 2.70. The lowest BCUT2D eigenvalue weighted by Crippen LogP contribution is -2.46. The number of hydrogen-bond donors (Lipinski definition) is 0. The SMILES string of the molecule is CC(C)N1CC[C@H](C)O[P+]1([O-])[C@H](Cc1ccccc1)c1ccccc1. The molecule has 25 heavy (non-hydrogen) atoms. The van der Waals surface area contributed by atoms with Gasteiger partial charge in [0, 0.05) is 19.0 Å². The van der Waals surface area contributed by atoms with Gasteiger partial charge in [-0.1, -0.05) is 60.7 Å². The number of nitrogens with zero attached hydrogens (tertiary/aromatic N) is 1. The van der Waals surface area contributed by atoms with Crippen LogP contribution in [0.4, 0.5) is 0 Å². The third kappa shape index (κ3) is 4.12. The maximum Gasteiger partial charge on any atom is 0.182 e. The van der Waals surface area contributed by atoms with Crippen LogP contribution in [-0.4, -0.2) is 23.4 Å². The Kier molecular flexibility index (Phi) is 5.91. The summed E-state index contributed by atoms with van der Waals surface area (Å²) >= 11 is 0. The molecule has 3 rings (SSSR count). The molecule has 0 aliphatic carbocycles. The van der Waals surface area contributed by atoms with Gasteiger partial charge in [-0.2, -0.15) is 4.67 Å². The van der Waals surface area contributed by atoms with Crippen molar-refractivity contribution in [2.75, 3.05) is 6.54 Å². The third-order valence-electron chi connectivity index (χ3n) is 4.90. The van der Waals surface area contributed by atoms with E-state index in [0.717, 1.165) is 24.9 Å². The Morgan fingerprint density at radius 1 is 1.08 bits per heavy atom. The summed E-state index contributed by atoms with van der Waals surface area (Å²) in [6, 6.07) is 20.7. The zero-order valence-electron chi connectivity index (χ0n) is 15.3. The smallest absolute Gasteiger partial charge is 0.182 e. The van der Waals surface area contributed by atoms with Gasteiger partial charge < -0.3 is 4.89 Å². The summed E-state index contributed by atoms with van der Waals surface area (Å²) in [6.07, 6.45) is 1.68. The summed E-state index contributed by atoms with van der Waals surface area (Å²) in [5, 5.41) is 0. The first-order valence-corrected chi connectivity index (χ1v) is 10.8. The zero-order chi connectivity index (χ0) is 17.9. The Balaban J connectivity index is 2.02. The van der Waals surface area contributed by atoms with E-state index in [9.17, 15) is 4.89 Å². The first kappa shape index (κ1) is 18.5. The van der Waals surface area contributed by atoms with Crippen molar-refractivity contribution in [3.05, 3.63) is 71.8 Å². The zero-order valence-corrected chi connectivity index (χ0v) is 16.2. The van der Waals surface area contributed by atoms with Crippen LogP contribution in [0, 0.1) is 0 Å². The molecule has 3 atom stereocenters. The van der Waals surface area contributed by atoms with Crippen molar-refractivity contribution in [2.24, 2.45) is 0 Å². The second-order valence-electron chi connectivity index (χ2n) is 7.14. The molecule has 3 nitrogen and oxygen atoms in total. The molecule has 1 aliphatic heterocycles. The molecule has 1 aliphatic rings. The van der Waals surface area contributed by atoms with Crippen molar-refractivity contribution in [2.45, 2.75) is 51.4 Å². The maximum atomic E-state index is 14.2. The van der Waals surface area contributed by atoms with Gasteiger partial charge in [0.1, 0.15) is 11.8 Å². The standard InChI is InChI=1S/C21H28NO2P/c1-17(2)22-15-14-18(3)24-25(22,23)21(20-12-8-5-9-13-20)16-19-10-6-4-7-11-19/h4-13,17-18,21H,14-16H2,1-3H3/t18-,21+,25?/m0/s1. The number of rotatable bonds is 5. The normalized spacial score (nSPS) is 25.9. The lowest BCUT2D eigenvalue weighted by atomic mass is 10.0. The average molecular weight is 357 g/mol. The summed E-state index contributed by atoms with van der Waals surface area (Å²) in [4.78, 5) is 14.2. The van der Waals surface area contributed by atoms with Crippen molar-refractivity contribution < 1.29 is 9.42 Å². The summed E-state index contributed by atoms with van der Waals surface area (Å²) in [6.45, 7) is 7.08. The molecule has 2 aromatic carbocycles. The van der Waals surface area contributed by atoms with Gasteiger partial charge in [0.05, 0.1) is 0 Å². The van der Waals surface area contributed by atoms with E-state index in [1.807, 2.05) is 43.3 Å². The van der Waals surface area contributed by atoms with Crippen LogP contribution >= 0.6 is 7.87 Å². The van der Waals surface area contributed by atoms with E-state index in [2.05, 4.69) is 42.8 Å². The molecule has 1 heterocycles. The molecule has 1 saturated heterocycles. The fourth-order valence-corrected chi connectivity index (χ4v) is 6.87. The van der Waals surface area contributed by atoms with E-state index in [1.165, 1.54) is 5.56 Å². The van der Waals surface area contributed by atoms with Crippen molar-refractivity contribution in [3.8, 4) is 0 Å². The molecule has 4 heteroatoms. The highest BCUT2D eigenvalue weighted by atomic mass is 31.2. The third-order valence-corrected chi connectivity index (χ3v) is 8.21. The van der Waals surface area contributed by atoms with Gasteiger partial charge >= 0.3 is 0 Å². The summed E-state index contributed by atoms with van der Waals surface area (Å²) in [7, 11) is -3.00. The van der Waals surface area contributed by atoms with Gasteiger partial charge in [0.25, 0.3) is 0 Å². The van der Waals surface area contributed by atoms with Gasteiger partial charge in [0.2, 0.25) is 0 Å². The van der Waals surface area contributed by atoms with Crippen LogP contribution < -0.4 is 4.89 Å². The molecular weight excluding hydrogens is 329 g/mol. The van der Waals surface area contributed by atoms with Crippen molar-refractivity contribution in [1.29, 1.82) is 0 Å². The van der Waals surface area contributed by atoms with E-state index in [4.69, 9.17) is 4.52 Å². The molecule has 0 bridgehead atoms. The van der Waals surface area contributed by atoms with Crippen LogP contribution in [0.1, 0.15) is 44.0 Å². The lowest BCUT2D eigenvalue weighted by molar-refractivity contribution is -0.220. The van der Waals surface area contributed by atoms with Crippen LogP contribution in [0.25, 0.3) is 0 Å². The molecule has 1 unspecified atom stereocenters. The number of benzene rings is 2. The Morgan fingerprint density at radius 2 is 1.68 bits per heavy atom. The van der Waals surface area contributed by atoms with Crippen molar-refractivity contribution in [3.63, 3.8) is 0 Å². The monoisotopic (exact) mass is 357 g/mol. The first-order valence-electron chi connectivity index (χ1n) is 9.15. The van der Waals surface area contributed by atoms with Gasteiger partial charge in [-0.15, -0.1) is 0 Å². The molecule has 0 amide bonds. The molecule has 134 valence electrons. The quantitative estimate of drug-likeness (QED) is 0.733. The lowest BCUT2D eigenvalue weighted by Gasteiger charge is -2.49. The Hall–Kier alpha value is -1.25. The van der Waals surface area contributed by atoms with Gasteiger partial charge in [-0.25, -0.2) is 4.52 Å². The number of hydrogen-bond acceptors (Lipinski definition) is 3. The molecular formula is C21H28NO2P. The van der Waals surface area contributed by atoms with Crippen LogP contribution in [0.15, 0.2) is 60.7 Å². The summed E-state index contributed by atoms with van der Waals surface area (Å²) in [5.41, 5.74) is 2.13.